The van der Waals surface area contributed by atoms with E-state index in [0.717, 1.165) is 12.5 Å². The Kier molecular flexibility index (Phi) is 6.94. The summed E-state index contributed by atoms with van der Waals surface area (Å²) in [6.07, 6.45) is 1.46. The molecule has 0 radical (unpaired) electrons. The normalized spacial score (nSPS) is 21.5. The van der Waals surface area contributed by atoms with Crippen molar-refractivity contribution in [3.63, 3.8) is 0 Å². The minimum atomic E-state index is -3.98. The van der Waals surface area contributed by atoms with Gasteiger partial charge in [0.15, 0.2) is 0 Å². The number of anilines is 1. The van der Waals surface area contributed by atoms with E-state index in [9.17, 15) is 26.9 Å². The molecule has 0 bridgehead atoms. The van der Waals surface area contributed by atoms with Crippen molar-refractivity contribution in [2.45, 2.75) is 17.7 Å². The third-order valence-electron chi connectivity index (χ3n) is 5.17. The van der Waals surface area contributed by atoms with E-state index in [1.54, 1.807) is 0 Å². The Morgan fingerprint density at radius 2 is 1.90 bits per heavy atom. The number of non-ortho nitro benzene ring substituents is 1. The van der Waals surface area contributed by atoms with E-state index in [0.29, 0.717) is 25.2 Å². The molecule has 1 aromatic carbocycles. The highest BCUT2D eigenvalue weighted by molar-refractivity contribution is 7.89. The van der Waals surface area contributed by atoms with Gasteiger partial charge >= 0.3 is 0 Å². The Morgan fingerprint density at radius 1 is 1.20 bits per heavy atom. The second-order valence-electron chi connectivity index (χ2n) is 7.27. The summed E-state index contributed by atoms with van der Waals surface area (Å²) in [6, 6.07) is 3.81. The summed E-state index contributed by atoms with van der Waals surface area (Å²) in [5.41, 5.74) is 0.0578. The number of rotatable bonds is 7. The van der Waals surface area contributed by atoms with Crippen molar-refractivity contribution in [1.29, 1.82) is 0 Å². The van der Waals surface area contributed by atoms with Crippen LogP contribution < -0.4 is 14.8 Å². The van der Waals surface area contributed by atoms with Crippen LogP contribution in [0.15, 0.2) is 23.1 Å². The first kappa shape index (κ1) is 22.8. The molecule has 12 nitrogen and oxygen atoms in total. The lowest BCUT2D eigenvalue weighted by atomic mass is 9.98. The number of piperidine rings is 1. The number of ether oxygens (including phenoxy) is 1. The SMILES string of the molecule is NS(=O)(=O)NCC1CCCN(c2ccc([N+](=O)[O-])cc2S(=O)(=O)N2CCOCC2)C1. The van der Waals surface area contributed by atoms with E-state index in [1.807, 2.05) is 4.90 Å². The summed E-state index contributed by atoms with van der Waals surface area (Å²) >= 11 is 0. The number of sulfonamides is 1. The van der Waals surface area contributed by atoms with Gasteiger partial charge in [-0.1, -0.05) is 0 Å². The fourth-order valence-corrected chi connectivity index (χ4v) is 5.80. The molecule has 0 saturated carbocycles. The first-order valence-electron chi connectivity index (χ1n) is 9.46. The van der Waals surface area contributed by atoms with Crippen LogP contribution >= 0.6 is 0 Å². The number of nitro benzene ring substituents is 1. The van der Waals surface area contributed by atoms with Gasteiger partial charge in [-0.25, -0.2) is 18.3 Å². The predicted octanol–water partition coefficient (Wildman–Crippen LogP) is -0.375. The molecule has 1 unspecified atom stereocenters. The molecular weight excluding hydrogens is 438 g/mol. The van der Waals surface area contributed by atoms with Gasteiger partial charge in [-0.2, -0.15) is 12.7 Å². The summed E-state index contributed by atoms with van der Waals surface area (Å²) in [5, 5.41) is 16.3. The quantitative estimate of drug-likeness (QED) is 0.408. The van der Waals surface area contributed by atoms with E-state index in [4.69, 9.17) is 9.88 Å². The van der Waals surface area contributed by atoms with Crippen LogP contribution in [-0.4, -0.2) is 72.0 Å². The molecule has 30 heavy (non-hydrogen) atoms. The monoisotopic (exact) mass is 463 g/mol. The molecule has 3 rings (SSSR count). The van der Waals surface area contributed by atoms with E-state index in [1.165, 1.54) is 16.4 Å². The van der Waals surface area contributed by atoms with Crippen LogP contribution in [0.1, 0.15) is 12.8 Å². The van der Waals surface area contributed by atoms with Crippen LogP contribution in [0.4, 0.5) is 11.4 Å². The molecule has 2 aliphatic rings. The minimum absolute atomic E-state index is 0.0776. The largest absolute Gasteiger partial charge is 0.379 e. The molecule has 0 amide bonds. The molecule has 3 N–H and O–H groups in total. The van der Waals surface area contributed by atoms with Crippen LogP contribution in [0.25, 0.3) is 0 Å². The highest BCUT2D eigenvalue weighted by atomic mass is 32.2. The molecule has 2 aliphatic heterocycles. The summed E-state index contributed by atoms with van der Waals surface area (Å²) in [4.78, 5) is 12.3. The number of benzene rings is 1. The van der Waals surface area contributed by atoms with Crippen LogP contribution in [0.5, 0.6) is 0 Å². The molecule has 0 aliphatic carbocycles. The molecule has 2 saturated heterocycles. The summed E-state index contributed by atoms with van der Waals surface area (Å²) in [6.45, 7) is 1.94. The summed E-state index contributed by atoms with van der Waals surface area (Å²) in [5.74, 6) is -0.0776. The molecule has 0 aromatic heterocycles. The average Bonchev–Trinajstić information content (AvgIpc) is 2.72. The lowest BCUT2D eigenvalue weighted by Gasteiger charge is -2.36. The Labute approximate surface area is 175 Å². The molecule has 2 heterocycles. The van der Waals surface area contributed by atoms with Gasteiger partial charge in [-0.15, -0.1) is 0 Å². The smallest absolute Gasteiger partial charge is 0.274 e. The Balaban J connectivity index is 1.92. The van der Waals surface area contributed by atoms with Crippen molar-refractivity contribution in [2.24, 2.45) is 11.1 Å². The third-order valence-corrected chi connectivity index (χ3v) is 7.67. The average molecular weight is 464 g/mol. The van der Waals surface area contributed by atoms with Gasteiger partial charge in [0.2, 0.25) is 10.0 Å². The standard InChI is InChI=1S/C16H25N5O7S2/c17-30(26,27)18-11-13-2-1-5-19(12-13)15-4-3-14(21(22)23)10-16(15)29(24,25)20-6-8-28-9-7-20/h3-4,10,13,18H,1-2,5-9,11-12H2,(H2,17,26,27). The third kappa shape index (κ3) is 5.44. The van der Waals surface area contributed by atoms with Gasteiger partial charge in [0.05, 0.1) is 23.8 Å². The van der Waals surface area contributed by atoms with Gasteiger partial charge in [-0.05, 0) is 24.8 Å². The number of nitrogens with one attached hydrogen (secondary N) is 1. The van der Waals surface area contributed by atoms with Gasteiger partial charge in [0.1, 0.15) is 4.90 Å². The number of hydrogen-bond donors (Lipinski definition) is 2. The Bertz CT molecular complexity index is 993. The van der Waals surface area contributed by atoms with E-state index >= 15 is 0 Å². The molecule has 0 spiro atoms. The maximum Gasteiger partial charge on any atom is 0.274 e. The molecule has 14 heteroatoms. The lowest BCUT2D eigenvalue weighted by Crippen LogP contribution is -2.44. The topological polar surface area (TPSA) is 165 Å². The predicted molar refractivity (Wildman–Crippen MR) is 109 cm³/mol. The molecule has 2 fully saturated rings. The first-order valence-corrected chi connectivity index (χ1v) is 12.5. The maximum absolute atomic E-state index is 13.3. The van der Waals surface area contributed by atoms with Crippen molar-refractivity contribution < 1.29 is 26.5 Å². The number of nitro groups is 1. The van der Waals surface area contributed by atoms with E-state index < -0.39 is 25.2 Å². The molecule has 168 valence electrons. The molecular formula is C16H25N5O7S2. The van der Waals surface area contributed by atoms with E-state index in [-0.39, 0.29) is 49.3 Å². The van der Waals surface area contributed by atoms with Gasteiger partial charge in [0.25, 0.3) is 15.9 Å². The lowest BCUT2D eigenvalue weighted by molar-refractivity contribution is -0.385. The van der Waals surface area contributed by atoms with Crippen LogP contribution in [0.2, 0.25) is 0 Å². The van der Waals surface area contributed by atoms with Crippen molar-refractivity contribution in [2.75, 3.05) is 50.8 Å². The number of hydrogen-bond acceptors (Lipinski definition) is 8. The highest BCUT2D eigenvalue weighted by Gasteiger charge is 2.33. The fraction of sp³-hybridized carbons (Fsp3) is 0.625. The second kappa shape index (κ2) is 9.11. The Morgan fingerprint density at radius 3 is 2.53 bits per heavy atom. The van der Waals surface area contributed by atoms with Crippen LogP contribution in [0.3, 0.4) is 0 Å². The van der Waals surface area contributed by atoms with Crippen LogP contribution in [0, 0.1) is 16.0 Å². The van der Waals surface area contributed by atoms with Crippen LogP contribution in [-0.2, 0) is 25.0 Å². The van der Waals surface area contributed by atoms with Gasteiger partial charge in [-0.3, -0.25) is 10.1 Å². The fourth-order valence-electron chi connectivity index (χ4n) is 3.69. The summed E-state index contributed by atoms with van der Waals surface area (Å²) in [7, 11) is -7.80. The van der Waals surface area contributed by atoms with Crippen molar-refractivity contribution >= 4 is 31.6 Å². The zero-order valence-corrected chi connectivity index (χ0v) is 17.9. The zero-order chi connectivity index (χ0) is 21.9. The Hall–Kier alpha value is -1.84. The van der Waals surface area contributed by atoms with Crippen molar-refractivity contribution in [3.8, 4) is 0 Å². The highest BCUT2D eigenvalue weighted by Crippen LogP contribution is 2.34. The zero-order valence-electron chi connectivity index (χ0n) is 16.3. The van der Waals surface area contributed by atoms with E-state index in [2.05, 4.69) is 4.72 Å². The van der Waals surface area contributed by atoms with Crippen molar-refractivity contribution in [1.82, 2.24) is 9.03 Å². The number of nitrogens with zero attached hydrogens (tertiary/aromatic N) is 3. The second-order valence-corrected chi connectivity index (χ2v) is 10.6. The summed E-state index contributed by atoms with van der Waals surface area (Å²) < 4.78 is 57.7. The van der Waals surface area contributed by atoms with Crippen molar-refractivity contribution in [3.05, 3.63) is 28.3 Å². The number of morpholine rings is 1. The molecule has 1 aromatic rings. The van der Waals surface area contributed by atoms with Gasteiger partial charge < -0.3 is 9.64 Å². The van der Waals surface area contributed by atoms with Gasteiger partial charge in [0, 0.05) is 44.9 Å². The minimum Gasteiger partial charge on any atom is -0.379 e. The maximum atomic E-state index is 13.3. The molecule has 1 atom stereocenters. The first-order chi connectivity index (χ1) is 14.1. The number of nitrogens with two attached hydrogens (primary N) is 1.